The summed E-state index contributed by atoms with van der Waals surface area (Å²) < 4.78 is 36.7. The average Bonchev–Trinajstić information content (AvgIpc) is 3.32. The minimum atomic E-state index is -4.08. The highest BCUT2D eigenvalue weighted by molar-refractivity contribution is 7.92. The van der Waals surface area contributed by atoms with Gasteiger partial charge < -0.3 is 9.30 Å². The predicted molar refractivity (Wildman–Crippen MR) is 174 cm³/mol. The molecule has 4 aromatic carbocycles. The molecular formula is C35H34N4O4S. The first-order valence-electron chi connectivity index (χ1n) is 14.1. The number of hydrogen-bond donors (Lipinski definition) is 1. The van der Waals surface area contributed by atoms with Gasteiger partial charge in [0.15, 0.2) is 0 Å². The van der Waals surface area contributed by atoms with Gasteiger partial charge >= 0.3 is 0 Å². The van der Waals surface area contributed by atoms with Crippen LogP contribution in [-0.2, 0) is 16.6 Å². The smallest absolute Gasteiger partial charge is 0.273 e. The summed E-state index contributed by atoms with van der Waals surface area (Å²) in [6.45, 7) is 6.11. The maximum atomic E-state index is 14.0. The van der Waals surface area contributed by atoms with E-state index in [4.69, 9.17) is 4.74 Å². The zero-order valence-electron chi connectivity index (χ0n) is 25.1. The fourth-order valence-electron chi connectivity index (χ4n) is 5.13. The number of nitrogens with one attached hydrogen (secondary N) is 1. The number of carbonyl (C=O) groups excluding carboxylic acids is 1. The molecule has 0 aliphatic carbocycles. The Bertz CT molecular complexity index is 1910. The van der Waals surface area contributed by atoms with Gasteiger partial charge in [-0.3, -0.25) is 9.10 Å². The van der Waals surface area contributed by atoms with Gasteiger partial charge in [0.1, 0.15) is 5.75 Å². The SMILES string of the molecule is COc1ccc(S(=O)(=O)N(Cc2ccccc2)c2ccccc2C(=O)N/N=C\c2cc(C)n(-c3ccccc3C)c2C)cc1. The van der Waals surface area contributed by atoms with E-state index in [1.807, 2.05) is 62.4 Å². The molecule has 44 heavy (non-hydrogen) atoms. The summed E-state index contributed by atoms with van der Waals surface area (Å²) in [5.74, 6) is 0.00318. The van der Waals surface area contributed by atoms with Crippen LogP contribution in [0.5, 0.6) is 5.75 Å². The number of carbonyl (C=O) groups is 1. The zero-order chi connectivity index (χ0) is 31.3. The van der Waals surface area contributed by atoms with Gasteiger partial charge in [-0.25, -0.2) is 13.8 Å². The highest BCUT2D eigenvalue weighted by Crippen LogP contribution is 2.30. The Kier molecular flexibility index (Phi) is 8.96. The Balaban J connectivity index is 1.46. The third-order valence-corrected chi connectivity index (χ3v) is 9.20. The van der Waals surface area contributed by atoms with Crippen LogP contribution in [0.25, 0.3) is 5.69 Å². The summed E-state index contributed by atoms with van der Waals surface area (Å²) in [6.07, 6.45) is 1.60. The third kappa shape index (κ3) is 6.28. The van der Waals surface area contributed by atoms with Crippen molar-refractivity contribution in [3.63, 3.8) is 0 Å². The molecule has 8 nitrogen and oxygen atoms in total. The quantitative estimate of drug-likeness (QED) is 0.144. The van der Waals surface area contributed by atoms with Gasteiger partial charge in [-0.15, -0.1) is 0 Å². The maximum absolute atomic E-state index is 14.0. The van der Waals surface area contributed by atoms with Crippen molar-refractivity contribution < 1.29 is 17.9 Å². The number of amides is 1. The molecule has 0 spiro atoms. The lowest BCUT2D eigenvalue weighted by Gasteiger charge is -2.26. The first-order valence-corrected chi connectivity index (χ1v) is 15.5. The fraction of sp³-hybridized carbons (Fsp3) is 0.143. The first kappa shape index (κ1) is 30.3. The van der Waals surface area contributed by atoms with E-state index in [1.165, 1.54) is 23.5 Å². The van der Waals surface area contributed by atoms with E-state index in [9.17, 15) is 13.2 Å². The normalized spacial score (nSPS) is 11.5. The van der Waals surface area contributed by atoms with Gasteiger partial charge in [0.2, 0.25) is 0 Å². The second-order valence-corrected chi connectivity index (χ2v) is 12.2. The number of para-hydroxylation sites is 2. The number of benzene rings is 4. The van der Waals surface area contributed by atoms with E-state index in [0.29, 0.717) is 5.75 Å². The molecule has 1 aromatic heterocycles. The lowest BCUT2D eigenvalue weighted by molar-refractivity contribution is 0.0955. The Morgan fingerprint density at radius 1 is 0.886 bits per heavy atom. The van der Waals surface area contributed by atoms with E-state index in [0.717, 1.165) is 33.8 Å². The van der Waals surface area contributed by atoms with Crippen molar-refractivity contribution in [2.75, 3.05) is 11.4 Å². The molecule has 0 radical (unpaired) electrons. The molecule has 0 fully saturated rings. The Hall–Kier alpha value is -5.15. The van der Waals surface area contributed by atoms with Crippen LogP contribution >= 0.6 is 0 Å². The summed E-state index contributed by atoms with van der Waals surface area (Å²) in [5, 5.41) is 4.25. The zero-order valence-corrected chi connectivity index (χ0v) is 25.9. The van der Waals surface area contributed by atoms with Crippen molar-refractivity contribution in [3.8, 4) is 11.4 Å². The van der Waals surface area contributed by atoms with E-state index < -0.39 is 15.9 Å². The molecule has 0 bridgehead atoms. The standard InChI is InChI=1S/C35H34N4O4S/c1-25-12-8-10-16-33(25)39-26(2)22-29(27(39)3)23-36-37-35(40)32-15-9-11-17-34(32)38(24-28-13-6-5-7-14-28)44(41,42)31-20-18-30(43-4)19-21-31/h5-23H,24H2,1-4H3,(H,37,40)/b36-23-. The lowest BCUT2D eigenvalue weighted by Crippen LogP contribution is -2.33. The average molecular weight is 607 g/mol. The van der Waals surface area contributed by atoms with Gasteiger partial charge in [-0.1, -0.05) is 60.7 Å². The number of aromatic nitrogens is 1. The first-order chi connectivity index (χ1) is 21.2. The fourth-order valence-corrected chi connectivity index (χ4v) is 6.60. The Morgan fingerprint density at radius 2 is 1.55 bits per heavy atom. The van der Waals surface area contributed by atoms with Gasteiger partial charge in [0, 0.05) is 22.6 Å². The van der Waals surface area contributed by atoms with Crippen molar-refractivity contribution in [1.82, 2.24) is 9.99 Å². The molecule has 1 amide bonds. The van der Waals surface area contributed by atoms with E-state index >= 15 is 0 Å². The van der Waals surface area contributed by atoms with Gasteiger partial charge in [-0.2, -0.15) is 5.10 Å². The largest absolute Gasteiger partial charge is 0.497 e. The maximum Gasteiger partial charge on any atom is 0.273 e. The van der Waals surface area contributed by atoms with Gasteiger partial charge in [-0.05, 0) is 80.4 Å². The van der Waals surface area contributed by atoms with E-state index in [2.05, 4.69) is 34.2 Å². The van der Waals surface area contributed by atoms with Gasteiger partial charge in [0.25, 0.3) is 15.9 Å². The number of nitrogens with zero attached hydrogens (tertiary/aromatic N) is 3. The van der Waals surface area contributed by atoms with Crippen LogP contribution in [0.4, 0.5) is 5.69 Å². The summed E-state index contributed by atoms with van der Waals surface area (Å²) in [5.41, 5.74) is 8.87. The van der Waals surface area contributed by atoms with Crippen LogP contribution in [0.3, 0.4) is 0 Å². The summed E-state index contributed by atoms with van der Waals surface area (Å²) >= 11 is 0. The molecule has 5 rings (SSSR count). The monoisotopic (exact) mass is 606 g/mol. The van der Waals surface area contributed by atoms with Crippen LogP contribution < -0.4 is 14.5 Å². The molecule has 0 atom stereocenters. The van der Waals surface area contributed by atoms with E-state index in [-0.39, 0.29) is 22.7 Å². The minimum absolute atomic E-state index is 0.0215. The molecule has 1 heterocycles. The lowest BCUT2D eigenvalue weighted by atomic mass is 10.1. The molecule has 0 saturated carbocycles. The number of hydrogen-bond acceptors (Lipinski definition) is 5. The summed E-state index contributed by atoms with van der Waals surface area (Å²) in [6, 6.07) is 32.2. The van der Waals surface area contributed by atoms with Crippen LogP contribution in [-0.4, -0.2) is 32.2 Å². The molecule has 1 N–H and O–H groups in total. The number of methoxy groups -OCH3 is 1. The number of rotatable bonds is 10. The number of anilines is 1. The van der Waals surface area contributed by atoms with Crippen molar-refractivity contribution in [1.29, 1.82) is 0 Å². The predicted octanol–water partition coefficient (Wildman–Crippen LogP) is 6.57. The van der Waals surface area contributed by atoms with Crippen LogP contribution in [0.15, 0.2) is 119 Å². The number of sulfonamides is 1. The third-order valence-electron chi connectivity index (χ3n) is 7.43. The molecule has 5 aromatic rings. The molecular weight excluding hydrogens is 572 g/mol. The Labute approximate surface area is 258 Å². The second-order valence-electron chi connectivity index (χ2n) is 10.3. The molecule has 224 valence electrons. The number of ether oxygens (including phenoxy) is 1. The molecule has 0 aliphatic heterocycles. The highest BCUT2D eigenvalue weighted by Gasteiger charge is 2.28. The molecule has 9 heteroatoms. The van der Waals surface area contributed by atoms with Crippen molar-refractivity contribution in [3.05, 3.63) is 143 Å². The van der Waals surface area contributed by atoms with Crippen molar-refractivity contribution in [2.24, 2.45) is 5.10 Å². The summed E-state index contributed by atoms with van der Waals surface area (Å²) in [7, 11) is -2.56. The van der Waals surface area contributed by atoms with Crippen LogP contribution in [0.1, 0.15) is 38.4 Å². The number of aryl methyl sites for hydroxylation is 2. The van der Waals surface area contributed by atoms with Crippen LogP contribution in [0.2, 0.25) is 0 Å². The van der Waals surface area contributed by atoms with Crippen molar-refractivity contribution in [2.45, 2.75) is 32.2 Å². The summed E-state index contributed by atoms with van der Waals surface area (Å²) in [4.78, 5) is 13.6. The second kappa shape index (κ2) is 13.0. The topological polar surface area (TPSA) is 93.0 Å². The molecule has 0 unspecified atom stereocenters. The van der Waals surface area contributed by atoms with E-state index in [1.54, 1.807) is 42.6 Å². The Morgan fingerprint density at radius 3 is 2.25 bits per heavy atom. The minimum Gasteiger partial charge on any atom is -0.497 e. The number of hydrazone groups is 1. The van der Waals surface area contributed by atoms with Crippen LogP contribution in [0, 0.1) is 20.8 Å². The van der Waals surface area contributed by atoms with Gasteiger partial charge in [0.05, 0.1) is 36.0 Å². The van der Waals surface area contributed by atoms with Crippen molar-refractivity contribution >= 4 is 27.8 Å². The molecule has 0 saturated heterocycles. The highest BCUT2D eigenvalue weighted by atomic mass is 32.2. The molecule has 0 aliphatic rings.